The Bertz CT molecular complexity index is 423. The molecule has 1 heterocycles. The lowest BCUT2D eigenvalue weighted by molar-refractivity contribution is 0.419. The Morgan fingerprint density at radius 1 is 1.43 bits per heavy atom. The molecule has 0 spiro atoms. The van der Waals surface area contributed by atoms with Gasteiger partial charge in [-0.05, 0) is 24.5 Å². The number of ether oxygens (including phenoxy) is 1. The van der Waals surface area contributed by atoms with E-state index in [-0.39, 0.29) is 5.13 Å². The van der Waals surface area contributed by atoms with E-state index in [2.05, 4.69) is 0 Å². The Morgan fingerprint density at radius 2 is 2.21 bits per heavy atom. The molecule has 0 amide bonds. The first kappa shape index (κ1) is 9.80. The molecular weight excluding hydrogens is 219 g/mol. The summed E-state index contributed by atoms with van der Waals surface area (Å²) in [7, 11) is 1.60. The van der Waals surface area contributed by atoms with Crippen LogP contribution >= 0.6 is 23.1 Å². The average molecular weight is 228 g/mol. The van der Waals surface area contributed by atoms with Crippen molar-refractivity contribution in [1.29, 1.82) is 0 Å². The number of hydrogen-bond acceptors (Lipinski definition) is 3. The minimum atomic E-state index is -0.167. The number of thiophene rings is 1. The molecule has 2 rings (SSSR count). The number of benzene rings is 1. The van der Waals surface area contributed by atoms with Crippen molar-refractivity contribution < 1.29 is 9.13 Å². The van der Waals surface area contributed by atoms with Crippen molar-refractivity contribution in [1.82, 2.24) is 0 Å². The Labute approximate surface area is 89.9 Å². The first-order chi connectivity index (χ1) is 6.76. The predicted octanol–water partition coefficient (Wildman–Crippen LogP) is 3.77. The smallest absolute Gasteiger partial charge is 0.177 e. The fourth-order valence-electron chi connectivity index (χ4n) is 1.38. The minimum Gasteiger partial charge on any atom is -0.496 e. The summed E-state index contributed by atoms with van der Waals surface area (Å²) in [6.07, 6.45) is 1.98. The van der Waals surface area contributed by atoms with Crippen LogP contribution in [0.15, 0.2) is 23.1 Å². The molecule has 0 bridgehead atoms. The second-order valence-electron chi connectivity index (χ2n) is 2.76. The van der Waals surface area contributed by atoms with E-state index in [4.69, 9.17) is 4.74 Å². The highest BCUT2D eigenvalue weighted by atomic mass is 32.2. The van der Waals surface area contributed by atoms with Gasteiger partial charge in [0.25, 0.3) is 0 Å². The maximum absolute atomic E-state index is 13.1. The fourth-order valence-corrected chi connectivity index (χ4v) is 3.07. The molecule has 0 atom stereocenters. The standard InChI is InChI=1S/C10H9FOS2/c1-12-7-3-4-8(13-2)10-6(7)5-9(11)14-10/h3-5H,1-2H3. The molecular formula is C10H9FOS2. The van der Waals surface area contributed by atoms with Gasteiger partial charge in [-0.25, -0.2) is 0 Å². The van der Waals surface area contributed by atoms with Crippen LogP contribution in [-0.4, -0.2) is 13.4 Å². The summed E-state index contributed by atoms with van der Waals surface area (Å²) in [6, 6.07) is 5.36. The fraction of sp³-hybridized carbons (Fsp3) is 0.200. The summed E-state index contributed by atoms with van der Waals surface area (Å²) >= 11 is 2.78. The van der Waals surface area contributed by atoms with Crippen molar-refractivity contribution in [3.8, 4) is 5.75 Å². The molecule has 0 saturated carbocycles. The van der Waals surface area contributed by atoms with Gasteiger partial charge in [-0.15, -0.1) is 23.1 Å². The molecule has 0 fully saturated rings. The minimum absolute atomic E-state index is 0.167. The van der Waals surface area contributed by atoms with Crippen molar-refractivity contribution in [2.75, 3.05) is 13.4 Å². The molecule has 1 aromatic carbocycles. The molecule has 74 valence electrons. The van der Waals surface area contributed by atoms with Crippen LogP contribution in [0.3, 0.4) is 0 Å². The van der Waals surface area contributed by atoms with Crippen LogP contribution < -0.4 is 4.74 Å². The largest absolute Gasteiger partial charge is 0.496 e. The van der Waals surface area contributed by atoms with Gasteiger partial charge in [-0.1, -0.05) is 0 Å². The Balaban J connectivity index is 2.77. The highest BCUT2D eigenvalue weighted by molar-refractivity contribution is 7.99. The molecule has 1 nitrogen and oxygen atoms in total. The van der Waals surface area contributed by atoms with Crippen molar-refractivity contribution in [2.45, 2.75) is 4.90 Å². The maximum atomic E-state index is 13.1. The third-order valence-electron chi connectivity index (χ3n) is 2.02. The molecule has 0 N–H and O–H groups in total. The van der Waals surface area contributed by atoms with Crippen LogP contribution in [0.1, 0.15) is 0 Å². The van der Waals surface area contributed by atoms with Crippen molar-refractivity contribution in [2.24, 2.45) is 0 Å². The SMILES string of the molecule is COc1ccc(SC)c2sc(F)cc12. The van der Waals surface area contributed by atoms with Gasteiger partial charge in [0, 0.05) is 10.3 Å². The predicted molar refractivity (Wildman–Crippen MR) is 60.1 cm³/mol. The van der Waals surface area contributed by atoms with E-state index in [0.717, 1.165) is 20.7 Å². The average Bonchev–Trinajstić information content (AvgIpc) is 2.57. The van der Waals surface area contributed by atoms with Gasteiger partial charge < -0.3 is 4.74 Å². The zero-order valence-electron chi connectivity index (χ0n) is 7.83. The van der Waals surface area contributed by atoms with E-state index in [0.29, 0.717) is 0 Å². The van der Waals surface area contributed by atoms with Gasteiger partial charge in [-0.3, -0.25) is 0 Å². The lowest BCUT2D eigenvalue weighted by Gasteiger charge is -2.03. The maximum Gasteiger partial charge on any atom is 0.177 e. The lowest BCUT2D eigenvalue weighted by atomic mass is 10.2. The Morgan fingerprint density at radius 3 is 2.86 bits per heavy atom. The number of thioether (sulfide) groups is 1. The van der Waals surface area contributed by atoms with Gasteiger partial charge >= 0.3 is 0 Å². The molecule has 2 aromatic rings. The molecule has 0 saturated heterocycles. The van der Waals surface area contributed by atoms with Gasteiger partial charge in [0.05, 0.1) is 11.8 Å². The molecule has 1 aromatic heterocycles. The Kier molecular flexibility index (Phi) is 2.65. The third-order valence-corrected chi connectivity index (χ3v) is 3.88. The molecule has 0 aliphatic rings. The zero-order valence-corrected chi connectivity index (χ0v) is 9.47. The number of methoxy groups -OCH3 is 1. The normalized spacial score (nSPS) is 10.8. The Hall–Kier alpha value is -0.740. The topological polar surface area (TPSA) is 9.23 Å². The molecule has 0 radical (unpaired) electrons. The zero-order chi connectivity index (χ0) is 10.1. The summed E-state index contributed by atoms with van der Waals surface area (Å²) in [5.74, 6) is 0.734. The van der Waals surface area contributed by atoms with Gasteiger partial charge in [-0.2, -0.15) is 4.39 Å². The number of hydrogen-bond donors (Lipinski definition) is 0. The number of fused-ring (bicyclic) bond motifs is 1. The second-order valence-corrected chi connectivity index (χ2v) is 4.61. The molecule has 14 heavy (non-hydrogen) atoms. The molecule has 0 aliphatic heterocycles. The first-order valence-corrected chi connectivity index (χ1v) is 6.10. The van der Waals surface area contributed by atoms with Crippen LogP contribution in [-0.2, 0) is 0 Å². The van der Waals surface area contributed by atoms with E-state index >= 15 is 0 Å². The quantitative estimate of drug-likeness (QED) is 0.724. The molecule has 0 unspecified atom stereocenters. The number of rotatable bonds is 2. The van der Waals surface area contributed by atoms with E-state index in [1.54, 1.807) is 18.9 Å². The van der Waals surface area contributed by atoms with Crippen LogP contribution in [0.25, 0.3) is 10.1 Å². The van der Waals surface area contributed by atoms with Gasteiger partial charge in [0.2, 0.25) is 0 Å². The van der Waals surface area contributed by atoms with E-state index < -0.39 is 0 Å². The summed E-state index contributed by atoms with van der Waals surface area (Å²) in [6.45, 7) is 0. The van der Waals surface area contributed by atoms with Crippen LogP contribution in [0, 0.1) is 5.13 Å². The van der Waals surface area contributed by atoms with Gasteiger partial charge in [0.1, 0.15) is 5.75 Å². The summed E-state index contributed by atoms with van der Waals surface area (Å²) in [5, 5.41) is 0.696. The number of halogens is 1. The van der Waals surface area contributed by atoms with Crippen LogP contribution in [0.4, 0.5) is 4.39 Å². The lowest BCUT2D eigenvalue weighted by Crippen LogP contribution is -1.83. The van der Waals surface area contributed by atoms with Gasteiger partial charge in [0.15, 0.2) is 5.13 Å². The highest BCUT2D eigenvalue weighted by Gasteiger charge is 2.10. The van der Waals surface area contributed by atoms with E-state index in [1.807, 2.05) is 18.4 Å². The van der Waals surface area contributed by atoms with Crippen molar-refractivity contribution in [3.63, 3.8) is 0 Å². The first-order valence-electron chi connectivity index (χ1n) is 4.06. The monoisotopic (exact) mass is 228 g/mol. The summed E-state index contributed by atoms with van der Waals surface area (Å²) in [4.78, 5) is 1.09. The highest BCUT2D eigenvalue weighted by Crippen LogP contribution is 2.38. The third kappa shape index (κ3) is 1.48. The summed E-state index contributed by atoms with van der Waals surface area (Å²) < 4.78 is 19.2. The second kappa shape index (κ2) is 3.79. The van der Waals surface area contributed by atoms with E-state index in [1.165, 1.54) is 17.4 Å². The van der Waals surface area contributed by atoms with E-state index in [9.17, 15) is 4.39 Å². The summed E-state index contributed by atoms with van der Waals surface area (Å²) in [5.41, 5.74) is 0. The van der Waals surface area contributed by atoms with Crippen molar-refractivity contribution in [3.05, 3.63) is 23.3 Å². The van der Waals surface area contributed by atoms with Crippen LogP contribution in [0.2, 0.25) is 0 Å². The molecule has 4 heteroatoms. The molecule has 0 aliphatic carbocycles. The van der Waals surface area contributed by atoms with Crippen LogP contribution in [0.5, 0.6) is 5.75 Å². The van der Waals surface area contributed by atoms with Crippen molar-refractivity contribution >= 4 is 33.2 Å².